The Bertz CT molecular complexity index is 470. The molecule has 5 heteroatoms. The molecule has 0 aliphatic carbocycles. The predicted octanol–water partition coefficient (Wildman–Crippen LogP) is 4.62. The van der Waals surface area contributed by atoms with Gasteiger partial charge in [-0.1, -0.05) is 29.3 Å². The third-order valence-electron chi connectivity index (χ3n) is 2.18. The summed E-state index contributed by atoms with van der Waals surface area (Å²) >= 11 is 13.4. The van der Waals surface area contributed by atoms with E-state index >= 15 is 0 Å². The van der Waals surface area contributed by atoms with Gasteiger partial charge in [0.2, 0.25) is 0 Å². The van der Waals surface area contributed by atoms with Crippen molar-refractivity contribution in [3.05, 3.63) is 44.7 Å². The van der Waals surface area contributed by atoms with Crippen LogP contribution < -0.4 is 5.32 Å². The molecule has 0 saturated heterocycles. The van der Waals surface area contributed by atoms with E-state index in [1.807, 2.05) is 31.2 Å². The lowest BCUT2D eigenvalue weighted by Crippen LogP contribution is -2.06. The second kappa shape index (κ2) is 5.04. The van der Waals surface area contributed by atoms with E-state index in [4.69, 9.17) is 23.2 Å². The van der Waals surface area contributed by atoms with E-state index < -0.39 is 0 Å². The molecule has 0 saturated carbocycles. The molecule has 0 bridgehead atoms. The van der Waals surface area contributed by atoms with Gasteiger partial charge in [-0.15, -0.1) is 11.3 Å². The third kappa shape index (κ3) is 2.67. The second-order valence-electron chi connectivity index (χ2n) is 3.36. The molecule has 0 aliphatic rings. The van der Waals surface area contributed by atoms with Gasteiger partial charge in [-0.3, -0.25) is 0 Å². The third-order valence-corrected chi connectivity index (χ3v) is 3.70. The average Bonchev–Trinajstić information content (AvgIpc) is 2.59. The molecule has 1 N–H and O–H groups in total. The van der Waals surface area contributed by atoms with Gasteiger partial charge in [-0.25, -0.2) is 4.98 Å². The Morgan fingerprint density at radius 3 is 2.75 bits per heavy atom. The largest absolute Gasteiger partial charge is 0.363 e. The molecule has 0 amide bonds. The molecule has 0 spiro atoms. The number of thiophene rings is 1. The van der Waals surface area contributed by atoms with Crippen LogP contribution in [-0.4, -0.2) is 4.98 Å². The molecular formula is C11H10Cl2N2S. The number of hydrogen-bond donors (Lipinski definition) is 1. The number of rotatable bonds is 3. The Labute approximate surface area is 108 Å². The fraction of sp³-hybridized carbons (Fsp3) is 0.182. The molecular weight excluding hydrogens is 263 g/mol. The van der Waals surface area contributed by atoms with Crippen molar-refractivity contribution in [3.8, 4) is 0 Å². The lowest BCUT2D eigenvalue weighted by molar-refractivity contribution is 0.880. The lowest BCUT2D eigenvalue weighted by Gasteiger charge is -2.13. The molecule has 0 radical (unpaired) electrons. The average molecular weight is 273 g/mol. The number of hydrogen-bond acceptors (Lipinski definition) is 3. The van der Waals surface area contributed by atoms with E-state index in [-0.39, 0.29) is 6.04 Å². The number of nitrogens with zero attached hydrogens (tertiary/aromatic N) is 1. The molecule has 1 atom stereocenters. The molecule has 2 heterocycles. The molecule has 2 aromatic heterocycles. The van der Waals surface area contributed by atoms with Gasteiger partial charge in [0.05, 0.1) is 14.7 Å². The van der Waals surface area contributed by atoms with Crippen LogP contribution >= 0.6 is 34.5 Å². The minimum Gasteiger partial charge on any atom is -0.363 e. The second-order valence-corrected chi connectivity index (χ2v) is 5.65. The van der Waals surface area contributed by atoms with Crippen molar-refractivity contribution in [1.29, 1.82) is 0 Å². The van der Waals surface area contributed by atoms with Crippen LogP contribution in [0, 0.1) is 0 Å². The number of anilines is 1. The fourth-order valence-electron chi connectivity index (χ4n) is 1.40. The minimum absolute atomic E-state index is 0.0890. The van der Waals surface area contributed by atoms with E-state index in [9.17, 15) is 0 Å². The van der Waals surface area contributed by atoms with Gasteiger partial charge in [0, 0.05) is 11.8 Å². The van der Waals surface area contributed by atoms with Crippen molar-refractivity contribution < 1.29 is 0 Å². The fourth-order valence-corrected chi connectivity index (χ4v) is 3.04. The SMILES string of the molecule is CC(Nc1ccccn1)c1cc(Cl)sc1Cl. The van der Waals surface area contributed by atoms with Crippen LogP contribution in [0.2, 0.25) is 8.67 Å². The van der Waals surface area contributed by atoms with Crippen molar-refractivity contribution in [2.45, 2.75) is 13.0 Å². The van der Waals surface area contributed by atoms with Crippen molar-refractivity contribution in [3.63, 3.8) is 0 Å². The van der Waals surface area contributed by atoms with Crippen LogP contribution in [0.25, 0.3) is 0 Å². The first kappa shape index (κ1) is 11.7. The zero-order valence-electron chi connectivity index (χ0n) is 8.58. The summed E-state index contributed by atoms with van der Waals surface area (Å²) in [5.74, 6) is 0.827. The Morgan fingerprint density at radius 1 is 1.38 bits per heavy atom. The van der Waals surface area contributed by atoms with Gasteiger partial charge in [0.25, 0.3) is 0 Å². The molecule has 1 unspecified atom stereocenters. The molecule has 2 aromatic rings. The number of aromatic nitrogens is 1. The number of pyridine rings is 1. The van der Waals surface area contributed by atoms with E-state index in [1.54, 1.807) is 6.20 Å². The topological polar surface area (TPSA) is 24.9 Å². The van der Waals surface area contributed by atoms with E-state index in [0.29, 0.717) is 4.34 Å². The smallest absolute Gasteiger partial charge is 0.126 e. The Morgan fingerprint density at radius 2 is 2.19 bits per heavy atom. The maximum absolute atomic E-state index is 6.08. The summed E-state index contributed by atoms with van der Waals surface area (Å²) in [6.45, 7) is 2.03. The predicted molar refractivity (Wildman–Crippen MR) is 70.6 cm³/mol. The van der Waals surface area contributed by atoms with Gasteiger partial charge in [0.15, 0.2) is 0 Å². The summed E-state index contributed by atoms with van der Waals surface area (Å²) in [5, 5.41) is 3.26. The van der Waals surface area contributed by atoms with Crippen molar-refractivity contribution in [2.75, 3.05) is 5.32 Å². The summed E-state index contributed by atoms with van der Waals surface area (Å²) in [6, 6.07) is 7.70. The van der Waals surface area contributed by atoms with Gasteiger partial charge >= 0.3 is 0 Å². The highest BCUT2D eigenvalue weighted by Crippen LogP contribution is 2.35. The maximum atomic E-state index is 6.08. The van der Waals surface area contributed by atoms with Crippen LogP contribution in [0.1, 0.15) is 18.5 Å². The van der Waals surface area contributed by atoms with Gasteiger partial charge < -0.3 is 5.32 Å². The van der Waals surface area contributed by atoms with Crippen LogP contribution in [0.4, 0.5) is 5.82 Å². The van der Waals surface area contributed by atoms with E-state index in [0.717, 1.165) is 15.7 Å². The summed E-state index contributed by atoms with van der Waals surface area (Å²) in [7, 11) is 0. The maximum Gasteiger partial charge on any atom is 0.126 e. The number of halogens is 2. The highest BCUT2D eigenvalue weighted by Gasteiger charge is 2.13. The molecule has 0 aromatic carbocycles. The van der Waals surface area contributed by atoms with Crippen molar-refractivity contribution in [2.24, 2.45) is 0 Å². The van der Waals surface area contributed by atoms with E-state index in [1.165, 1.54) is 11.3 Å². The van der Waals surface area contributed by atoms with Crippen LogP contribution in [0.15, 0.2) is 30.5 Å². The normalized spacial score (nSPS) is 12.4. The minimum atomic E-state index is 0.0890. The monoisotopic (exact) mass is 272 g/mol. The molecule has 84 valence electrons. The Balaban J connectivity index is 2.14. The zero-order valence-corrected chi connectivity index (χ0v) is 10.9. The standard InChI is InChI=1S/C11H10Cl2N2S/c1-7(8-6-9(12)16-11(8)13)15-10-4-2-3-5-14-10/h2-7H,1H3,(H,14,15). The van der Waals surface area contributed by atoms with Crippen LogP contribution in [0.3, 0.4) is 0 Å². The van der Waals surface area contributed by atoms with Gasteiger partial charge in [-0.05, 0) is 25.1 Å². The summed E-state index contributed by atoms with van der Waals surface area (Å²) in [6.07, 6.45) is 1.75. The summed E-state index contributed by atoms with van der Waals surface area (Å²) in [5.41, 5.74) is 1.00. The lowest BCUT2D eigenvalue weighted by atomic mass is 10.2. The number of nitrogens with one attached hydrogen (secondary N) is 1. The van der Waals surface area contributed by atoms with Crippen molar-refractivity contribution >= 4 is 40.4 Å². The Hall–Kier alpha value is -0.770. The van der Waals surface area contributed by atoms with Crippen LogP contribution in [0.5, 0.6) is 0 Å². The van der Waals surface area contributed by atoms with E-state index in [2.05, 4.69) is 10.3 Å². The highest BCUT2D eigenvalue weighted by atomic mass is 35.5. The summed E-state index contributed by atoms with van der Waals surface area (Å²) < 4.78 is 1.43. The molecule has 0 aliphatic heterocycles. The first-order valence-corrected chi connectivity index (χ1v) is 6.36. The highest BCUT2D eigenvalue weighted by molar-refractivity contribution is 7.20. The Kier molecular flexibility index (Phi) is 3.69. The van der Waals surface area contributed by atoms with Crippen LogP contribution in [-0.2, 0) is 0 Å². The summed E-state index contributed by atoms with van der Waals surface area (Å²) in [4.78, 5) is 4.20. The molecule has 2 rings (SSSR count). The first-order chi connectivity index (χ1) is 7.66. The zero-order chi connectivity index (χ0) is 11.5. The quantitative estimate of drug-likeness (QED) is 0.882. The molecule has 2 nitrogen and oxygen atoms in total. The molecule has 16 heavy (non-hydrogen) atoms. The van der Waals surface area contributed by atoms with Crippen molar-refractivity contribution in [1.82, 2.24) is 4.98 Å². The molecule has 0 fully saturated rings. The van der Waals surface area contributed by atoms with Gasteiger partial charge in [-0.2, -0.15) is 0 Å². The first-order valence-electron chi connectivity index (χ1n) is 4.79. The van der Waals surface area contributed by atoms with Gasteiger partial charge in [0.1, 0.15) is 5.82 Å².